The molecule has 0 radical (unpaired) electrons. The minimum Gasteiger partial charge on any atom is -0.258 e. The predicted octanol–water partition coefficient (Wildman–Crippen LogP) is 3.28. The summed E-state index contributed by atoms with van der Waals surface area (Å²) in [5.41, 5.74) is 0.156. The van der Waals surface area contributed by atoms with E-state index in [9.17, 15) is 18.5 Å². The SMILES string of the molecule is CCC(c1cccc(S(C)(=O)=O)c1[N+](=O)[O-])C(C)Br. The van der Waals surface area contributed by atoms with Crippen molar-refractivity contribution in [2.45, 2.75) is 35.9 Å². The highest BCUT2D eigenvalue weighted by Gasteiger charge is 2.30. The third kappa shape index (κ3) is 3.54. The van der Waals surface area contributed by atoms with Crippen LogP contribution < -0.4 is 0 Å². The molecule has 0 aliphatic heterocycles. The normalized spacial score (nSPS) is 14.9. The molecule has 2 unspecified atom stereocenters. The first kappa shape index (κ1) is 16.1. The van der Waals surface area contributed by atoms with E-state index in [0.29, 0.717) is 12.0 Å². The quantitative estimate of drug-likeness (QED) is 0.464. The molecule has 19 heavy (non-hydrogen) atoms. The third-order valence-corrected chi connectivity index (χ3v) is 4.77. The zero-order valence-corrected chi connectivity index (χ0v) is 13.4. The second-order valence-corrected chi connectivity index (χ2v) is 7.84. The Bertz CT molecular complexity index is 583. The maximum absolute atomic E-state index is 11.7. The van der Waals surface area contributed by atoms with Crippen LogP contribution in [0, 0.1) is 10.1 Å². The van der Waals surface area contributed by atoms with Crippen LogP contribution in [0.4, 0.5) is 5.69 Å². The van der Waals surface area contributed by atoms with E-state index in [4.69, 9.17) is 0 Å². The molecule has 0 N–H and O–H groups in total. The number of para-hydroxylation sites is 1. The maximum Gasteiger partial charge on any atom is 0.291 e. The Balaban J connectivity index is 3.62. The summed E-state index contributed by atoms with van der Waals surface area (Å²) in [5, 5.41) is 11.3. The summed E-state index contributed by atoms with van der Waals surface area (Å²) in [7, 11) is -3.63. The van der Waals surface area contributed by atoms with Gasteiger partial charge in [0.15, 0.2) is 9.84 Å². The molecule has 0 aliphatic rings. The largest absolute Gasteiger partial charge is 0.291 e. The number of nitrogens with zero attached hydrogens (tertiary/aromatic N) is 1. The topological polar surface area (TPSA) is 77.3 Å². The molecule has 0 heterocycles. The summed E-state index contributed by atoms with van der Waals surface area (Å²) in [5.74, 6) is -0.109. The first-order valence-corrected chi connectivity index (χ1v) is 8.62. The first-order chi connectivity index (χ1) is 8.70. The standard InChI is InChI=1S/C12H16BrNO4S/c1-4-9(8(2)13)10-6-5-7-11(19(3,17)18)12(10)14(15)16/h5-9H,4H2,1-3H3. The van der Waals surface area contributed by atoms with Crippen molar-refractivity contribution in [1.29, 1.82) is 0 Å². The third-order valence-electron chi connectivity index (χ3n) is 3.01. The average Bonchev–Trinajstić information content (AvgIpc) is 2.27. The molecule has 7 heteroatoms. The molecule has 106 valence electrons. The Morgan fingerprint density at radius 3 is 2.37 bits per heavy atom. The van der Waals surface area contributed by atoms with Gasteiger partial charge in [-0.3, -0.25) is 10.1 Å². The molecular weight excluding hydrogens is 334 g/mol. The van der Waals surface area contributed by atoms with Gasteiger partial charge in [-0.25, -0.2) is 8.42 Å². The van der Waals surface area contributed by atoms with Crippen LogP contribution in [0.3, 0.4) is 0 Å². The van der Waals surface area contributed by atoms with Crippen molar-refractivity contribution in [3.63, 3.8) is 0 Å². The van der Waals surface area contributed by atoms with Crippen molar-refractivity contribution in [1.82, 2.24) is 0 Å². The van der Waals surface area contributed by atoms with E-state index in [-0.39, 0.29) is 21.3 Å². The summed E-state index contributed by atoms with van der Waals surface area (Å²) in [6.07, 6.45) is 1.66. The number of halogens is 1. The lowest BCUT2D eigenvalue weighted by molar-refractivity contribution is -0.388. The fourth-order valence-corrected chi connectivity index (χ4v) is 3.65. The van der Waals surface area contributed by atoms with Gasteiger partial charge in [0, 0.05) is 22.6 Å². The minimum absolute atomic E-state index is 0.0195. The Hall–Kier alpha value is -0.950. The van der Waals surface area contributed by atoms with Gasteiger partial charge in [0.1, 0.15) is 4.90 Å². The highest BCUT2D eigenvalue weighted by atomic mass is 79.9. The van der Waals surface area contributed by atoms with Crippen LogP contribution in [0.1, 0.15) is 31.7 Å². The van der Waals surface area contributed by atoms with E-state index in [2.05, 4.69) is 15.9 Å². The molecular formula is C12H16BrNO4S. The molecule has 0 aliphatic carbocycles. The number of alkyl halides is 1. The Morgan fingerprint density at radius 2 is 2.00 bits per heavy atom. The van der Waals surface area contributed by atoms with E-state index >= 15 is 0 Å². The lowest BCUT2D eigenvalue weighted by Gasteiger charge is -2.18. The van der Waals surface area contributed by atoms with Crippen LogP contribution in [-0.4, -0.2) is 24.4 Å². The van der Waals surface area contributed by atoms with Crippen LogP contribution in [0.25, 0.3) is 0 Å². The van der Waals surface area contributed by atoms with Gasteiger partial charge in [0.2, 0.25) is 0 Å². The van der Waals surface area contributed by atoms with E-state index < -0.39 is 14.8 Å². The molecule has 0 bridgehead atoms. The first-order valence-electron chi connectivity index (χ1n) is 5.81. The van der Waals surface area contributed by atoms with Crippen LogP contribution in [0.2, 0.25) is 0 Å². The second kappa shape index (κ2) is 6.00. The van der Waals surface area contributed by atoms with Crippen molar-refractivity contribution >= 4 is 31.5 Å². The Kier molecular flexibility index (Phi) is 5.09. The van der Waals surface area contributed by atoms with Gasteiger partial charge in [-0.15, -0.1) is 0 Å². The summed E-state index contributed by atoms with van der Waals surface area (Å²) in [4.78, 5) is 10.4. The van der Waals surface area contributed by atoms with E-state index in [1.807, 2.05) is 13.8 Å². The van der Waals surface area contributed by atoms with Gasteiger partial charge in [-0.2, -0.15) is 0 Å². The summed E-state index contributed by atoms with van der Waals surface area (Å²) in [6, 6.07) is 4.46. The van der Waals surface area contributed by atoms with Crippen LogP contribution >= 0.6 is 15.9 Å². The number of nitro benzene ring substituents is 1. The number of benzene rings is 1. The zero-order chi connectivity index (χ0) is 14.8. The smallest absolute Gasteiger partial charge is 0.258 e. The van der Waals surface area contributed by atoms with Crippen molar-refractivity contribution in [3.05, 3.63) is 33.9 Å². The van der Waals surface area contributed by atoms with Crippen molar-refractivity contribution in [2.75, 3.05) is 6.26 Å². The van der Waals surface area contributed by atoms with Crippen molar-refractivity contribution in [2.24, 2.45) is 0 Å². The van der Waals surface area contributed by atoms with Crippen LogP contribution in [0.15, 0.2) is 23.1 Å². The minimum atomic E-state index is -3.63. The van der Waals surface area contributed by atoms with Crippen LogP contribution in [-0.2, 0) is 9.84 Å². The molecule has 0 aromatic heterocycles. The van der Waals surface area contributed by atoms with Gasteiger partial charge in [0.05, 0.1) is 4.92 Å². The fourth-order valence-electron chi connectivity index (χ4n) is 2.13. The Morgan fingerprint density at radius 1 is 1.42 bits per heavy atom. The lowest BCUT2D eigenvalue weighted by Crippen LogP contribution is -2.13. The highest BCUT2D eigenvalue weighted by molar-refractivity contribution is 9.09. The van der Waals surface area contributed by atoms with E-state index in [1.54, 1.807) is 12.1 Å². The zero-order valence-electron chi connectivity index (χ0n) is 11.0. The molecule has 0 amide bonds. The highest BCUT2D eigenvalue weighted by Crippen LogP contribution is 2.37. The van der Waals surface area contributed by atoms with Gasteiger partial charge in [-0.05, 0) is 12.5 Å². The molecule has 0 spiro atoms. The fraction of sp³-hybridized carbons (Fsp3) is 0.500. The van der Waals surface area contributed by atoms with Gasteiger partial charge in [-0.1, -0.05) is 41.9 Å². The number of sulfone groups is 1. The molecule has 0 saturated heterocycles. The molecule has 5 nitrogen and oxygen atoms in total. The van der Waals surface area contributed by atoms with Gasteiger partial charge in [0.25, 0.3) is 5.69 Å². The number of nitro groups is 1. The number of rotatable bonds is 5. The van der Waals surface area contributed by atoms with Crippen molar-refractivity contribution in [3.8, 4) is 0 Å². The maximum atomic E-state index is 11.7. The molecule has 1 aromatic rings. The Labute approximate surface area is 121 Å². The summed E-state index contributed by atoms with van der Waals surface area (Å²) >= 11 is 3.42. The number of hydrogen-bond donors (Lipinski definition) is 0. The molecule has 0 fully saturated rings. The van der Waals surface area contributed by atoms with Gasteiger partial charge < -0.3 is 0 Å². The predicted molar refractivity (Wildman–Crippen MR) is 77.6 cm³/mol. The second-order valence-electron chi connectivity index (χ2n) is 4.42. The monoisotopic (exact) mass is 349 g/mol. The molecule has 1 rings (SSSR count). The molecule has 2 atom stereocenters. The lowest BCUT2D eigenvalue weighted by atomic mass is 9.92. The van der Waals surface area contributed by atoms with Crippen LogP contribution in [0.5, 0.6) is 0 Å². The average molecular weight is 350 g/mol. The van der Waals surface area contributed by atoms with E-state index in [0.717, 1.165) is 6.26 Å². The molecule has 1 aromatic carbocycles. The summed E-state index contributed by atoms with van der Waals surface area (Å²) in [6.45, 7) is 3.81. The summed E-state index contributed by atoms with van der Waals surface area (Å²) < 4.78 is 23.3. The van der Waals surface area contributed by atoms with E-state index in [1.165, 1.54) is 6.07 Å². The van der Waals surface area contributed by atoms with Gasteiger partial charge >= 0.3 is 0 Å². The number of hydrogen-bond acceptors (Lipinski definition) is 4. The van der Waals surface area contributed by atoms with Crippen molar-refractivity contribution < 1.29 is 13.3 Å². The molecule has 0 saturated carbocycles.